The molecule has 2 N–H and O–H groups in total. The molecule has 1 aromatic rings. The number of nitrogens with one attached hydrogen (secondary N) is 1. The van der Waals surface area contributed by atoms with Crippen molar-refractivity contribution < 1.29 is 9.90 Å². The van der Waals surface area contributed by atoms with Gasteiger partial charge in [0, 0.05) is 12.6 Å². The first kappa shape index (κ1) is 11.6. The standard InChI is InChI=1S/C11H12ClNO2/c1-8-4-2-5-9(12)11(8)13-7-3-6-10(14)15/h2-6,13H,7H2,1H3,(H,14,15)/b6-3+. The summed E-state index contributed by atoms with van der Waals surface area (Å²) in [4.78, 5) is 10.2. The zero-order valence-electron chi connectivity index (χ0n) is 8.33. The summed E-state index contributed by atoms with van der Waals surface area (Å²) in [6, 6.07) is 5.60. The molecule has 80 valence electrons. The van der Waals surface area contributed by atoms with Gasteiger partial charge in [-0.2, -0.15) is 0 Å². The Morgan fingerprint density at radius 2 is 2.33 bits per heavy atom. The molecule has 0 bridgehead atoms. The molecule has 4 heteroatoms. The second kappa shape index (κ2) is 5.41. The topological polar surface area (TPSA) is 49.3 Å². The highest BCUT2D eigenvalue weighted by molar-refractivity contribution is 6.33. The van der Waals surface area contributed by atoms with E-state index < -0.39 is 5.97 Å². The van der Waals surface area contributed by atoms with Crippen LogP contribution in [0.2, 0.25) is 5.02 Å². The van der Waals surface area contributed by atoms with E-state index in [9.17, 15) is 4.79 Å². The molecule has 0 spiro atoms. The predicted octanol–water partition coefficient (Wildman–Crippen LogP) is 2.70. The van der Waals surface area contributed by atoms with Crippen molar-refractivity contribution in [1.82, 2.24) is 0 Å². The molecular formula is C11H12ClNO2. The van der Waals surface area contributed by atoms with Crippen LogP contribution in [0.25, 0.3) is 0 Å². The Morgan fingerprint density at radius 1 is 1.60 bits per heavy atom. The second-order valence-electron chi connectivity index (χ2n) is 3.05. The summed E-state index contributed by atoms with van der Waals surface area (Å²) in [5.74, 6) is -0.951. The maximum atomic E-state index is 10.2. The number of carboxylic acids is 1. The fraction of sp³-hybridized carbons (Fsp3) is 0.182. The summed E-state index contributed by atoms with van der Waals surface area (Å²) in [6.45, 7) is 2.38. The number of benzene rings is 1. The molecule has 0 aliphatic rings. The van der Waals surface area contributed by atoms with Gasteiger partial charge in [0.2, 0.25) is 0 Å². The van der Waals surface area contributed by atoms with Crippen LogP contribution in [0.15, 0.2) is 30.4 Å². The molecule has 0 radical (unpaired) electrons. The maximum Gasteiger partial charge on any atom is 0.328 e. The molecule has 0 heterocycles. The summed E-state index contributed by atoms with van der Waals surface area (Å²) < 4.78 is 0. The number of anilines is 1. The van der Waals surface area contributed by atoms with Gasteiger partial charge in [0.25, 0.3) is 0 Å². The van der Waals surface area contributed by atoms with E-state index in [1.807, 2.05) is 19.1 Å². The lowest BCUT2D eigenvalue weighted by atomic mass is 10.2. The minimum Gasteiger partial charge on any atom is -0.478 e. The quantitative estimate of drug-likeness (QED) is 0.775. The van der Waals surface area contributed by atoms with E-state index in [0.29, 0.717) is 11.6 Å². The van der Waals surface area contributed by atoms with Crippen molar-refractivity contribution in [2.75, 3.05) is 11.9 Å². The molecule has 0 amide bonds. The Kier molecular flexibility index (Phi) is 4.18. The lowest BCUT2D eigenvalue weighted by Gasteiger charge is -2.08. The minimum atomic E-state index is -0.951. The van der Waals surface area contributed by atoms with E-state index >= 15 is 0 Å². The minimum absolute atomic E-state index is 0.441. The number of rotatable bonds is 4. The average Bonchev–Trinajstić information content (AvgIpc) is 2.15. The molecule has 0 fully saturated rings. The predicted molar refractivity (Wildman–Crippen MR) is 61.5 cm³/mol. The van der Waals surface area contributed by atoms with Gasteiger partial charge in [0.1, 0.15) is 0 Å². The van der Waals surface area contributed by atoms with Gasteiger partial charge in [-0.3, -0.25) is 0 Å². The molecule has 0 aliphatic carbocycles. The van der Waals surface area contributed by atoms with Gasteiger partial charge in [-0.05, 0) is 18.6 Å². The van der Waals surface area contributed by atoms with Gasteiger partial charge in [0.05, 0.1) is 10.7 Å². The summed E-state index contributed by atoms with van der Waals surface area (Å²) in [7, 11) is 0. The van der Waals surface area contributed by atoms with E-state index in [1.54, 1.807) is 6.07 Å². The van der Waals surface area contributed by atoms with Crippen LogP contribution >= 0.6 is 11.6 Å². The molecule has 1 rings (SSSR count). The molecule has 0 aromatic heterocycles. The molecule has 0 unspecified atom stereocenters. The number of aryl methyl sites for hydroxylation is 1. The van der Waals surface area contributed by atoms with Crippen molar-refractivity contribution >= 4 is 23.3 Å². The van der Waals surface area contributed by atoms with E-state index in [4.69, 9.17) is 16.7 Å². The smallest absolute Gasteiger partial charge is 0.328 e. The highest BCUT2D eigenvalue weighted by Crippen LogP contribution is 2.24. The number of carbonyl (C=O) groups is 1. The number of hydrogen-bond acceptors (Lipinski definition) is 2. The maximum absolute atomic E-state index is 10.2. The molecule has 0 aliphatic heterocycles. The van der Waals surface area contributed by atoms with Crippen molar-refractivity contribution in [2.24, 2.45) is 0 Å². The van der Waals surface area contributed by atoms with E-state index in [1.165, 1.54) is 6.08 Å². The highest BCUT2D eigenvalue weighted by Gasteiger charge is 2.00. The zero-order valence-corrected chi connectivity index (χ0v) is 9.08. The zero-order chi connectivity index (χ0) is 11.3. The van der Waals surface area contributed by atoms with Gasteiger partial charge in [-0.1, -0.05) is 29.8 Å². The van der Waals surface area contributed by atoms with Crippen molar-refractivity contribution in [3.05, 3.63) is 40.9 Å². The van der Waals surface area contributed by atoms with Crippen LogP contribution < -0.4 is 5.32 Å². The van der Waals surface area contributed by atoms with Crippen LogP contribution in [0.5, 0.6) is 0 Å². The van der Waals surface area contributed by atoms with Gasteiger partial charge in [0.15, 0.2) is 0 Å². The fourth-order valence-corrected chi connectivity index (χ4v) is 1.47. The van der Waals surface area contributed by atoms with Crippen LogP contribution in [-0.4, -0.2) is 17.6 Å². The average molecular weight is 226 g/mol. The number of carboxylic acid groups (broad SMARTS) is 1. The van der Waals surface area contributed by atoms with Crippen molar-refractivity contribution in [3.8, 4) is 0 Å². The van der Waals surface area contributed by atoms with E-state index in [-0.39, 0.29) is 0 Å². The Hall–Kier alpha value is -1.48. The number of halogens is 1. The number of para-hydroxylation sites is 1. The Bertz CT molecular complexity index is 368. The third kappa shape index (κ3) is 3.64. The van der Waals surface area contributed by atoms with Crippen LogP contribution in [0.1, 0.15) is 5.56 Å². The largest absolute Gasteiger partial charge is 0.478 e. The lowest BCUT2D eigenvalue weighted by molar-refractivity contribution is -0.131. The SMILES string of the molecule is Cc1cccc(Cl)c1NC/C=C/C(=O)O. The van der Waals surface area contributed by atoms with E-state index in [0.717, 1.165) is 17.3 Å². The fourth-order valence-electron chi connectivity index (χ4n) is 1.18. The lowest BCUT2D eigenvalue weighted by Crippen LogP contribution is -2.01. The van der Waals surface area contributed by atoms with E-state index in [2.05, 4.69) is 5.32 Å². The number of aliphatic carboxylic acids is 1. The molecular weight excluding hydrogens is 214 g/mol. The first-order chi connectivity index (χ1) is 7.11. The third-order valence-electron chi connectivity index (χ3n) is 1.88. The van der Waals surface area contributed by atoms with Crippen LogP contribution in [0.4, 0.5) is 5.69 Å². The molecule has 0 atom stereocenters. The Balaban J connectivity index is 2.61. The monoisotopic (exact) mass is 225 g/mol. The molecule has 1 aromatic carbocycles. The van der Waals surface area contributed by atoms with Crippen molar-refractivity contribution in [2.45, 2.75) is 6.92 Å². The van der Waals surface area contributed by atoms with Gasteiger partial charge >= 0.3 is 5.97 Å². The third-order valence-corrected chi connectivity index (χ3v) is 2.19. The van der Waals surface area contributed by atoms with Crippen LogP contribution in [-0.2, 0) is 4.79 Å². The molecule has 15 heavy (non-hydrogen) atoms. The number of hydrogen-bond donors (Lipinski definition) is 2. The van der Waals surface area contributed by atoms with Crippen molar-refractivity contribution in [3.63, 3.8) is 0 Å². The molecule has 0 saturated heterocycles. The molecule has 0 saturated carbocycles. The summed E-state index contributed by atoms with van der Waals surface area (Å²) in [6.07, 6.45) is 2.63. The summed E-state index contributed by atoms with van der Waals surface area (Å²) >= 11 is 5.97. The summed E-state index contributed by atoms with van der Waals surface area (Å²) in [5, 5.41) is 12.1. The second-order valence-corrected chi connectivity index (χ2v) is 3.46. The van der Waals surface area contributed by atoms with Gasteiger partial charge in [-0.15, -0.1) is 0 Å². The normalized spacial score (nSPS) is 10.5. The van der Waals surface area contributed by atoms with Gasteiger partial charge in [-0.25, -0.2) is 4.79 Å². The van der Waals surface area contributed by atoms with Crippen LogP contribution in [0.3, 0.4) is 0 Å². The highest BCUT2D eigenvalue weighted by atomic mass is 35.5. The van der Waals surface area contributed by atoms with Crippen molar-refractivity contribution in [1.29, 1.82) is 0 Å². The Morgan fingerprint density at radius 3 is 2.93 bits per heavy atom. The Labute approximate surface area is 93.4 Å². The first-order valence-electron chi connectivity index (χ1n) is 4.49. The first-order valence-corrected chi connectivity index (χ1v) is 4.87. The molecule has 3 nitrogen and oxygen atoms in total. The summed E-state index contributed by atoms with van der Waals surface area (Å²) in [5.41, 5.74) is 1.88. The van der Waals surface area contributed by atoms with Gasteiger partial charge < -0.3 is 10.4 Å². The van der Waals surface area contributed by atoms with Crippen LogP contribution in [0, 0.1) is 6.92 Å².